The topological polar surface area (TPSA) is 45.7 Å². The fourth-order valence-electron chi connectivity index (χ4n) is 2.95. The first-order valence-corrected chi connectivity index (χ1v) is 7.64. The third kappa shape index (κ3) is 3.41. The number of ether oxygens (including phenoxy) is 1. The van der Waals surface area contributed by atoms with Crippen molar-refractivity contribution in [2.45, 2.75) is 25.1 Å². The van der Waals surface area contributed by atoms with Crippen LogP contribution in [0.25, 0.3) is 0 Å². The number of alkyl halides is 3. The zero-order chi connectivity index (χ0) is 16.4. The Morgan fingerprint density at radius 2 is 2.00 bits per heavy atom. The molecule has 0 aliphatic carbocycles. The van der Waals surface area contributed by atoms with Crippen molar-refractivity contribution >= 4 is 11.7 Å². The van der Waals surface area contributed by atoms with Gasteiger partial charge in [0, 0.05) is 25.8 Å². The number of morpholine rings is 1. The van der Waals surface area contributed by atoms with Gasteiger partial charge in [-0.3, -0.25) is 4.79 Å². The molecule has 2 aliphatic heterocycles. The number of amides is 1. The molecule has 0 radical (unpaired) electrons. The molecule has 3 rings (SSSR count). The molecule has 3 heterocycles. The molecule has 2 fully saturated rings. The van der Waals surface area contributed by atoms with Gasteiger partial charge in [-0.1, -0.05) is 0 Å². The fraction of sp³-hybridized carbons (Fsp3) is 0.600. The second-order valence-corrected chi connectivity index (χ2v) is 5.72. The molecule has 1 atom stereocenters. The number of aromatic nitrogens is 1. The minimum absolute atomic E-state index is 0.0436. The van der Waals surface area contributed by atoms with Gasteiger partial charge in [0.25, 0.3) is 5.91 Å². The molecule has 1 unspecified atom stereocenters. The van der Waals surface area contributed by atoms with Crippen LogP contribution < -0.4 is 4.90 Å². The quantitative estimate of drug-likeness (QED) is 0.833. The molecular formula is C15H18F3N3O2. The van der Waals surface area contributed by atoms with Gasteiger partial charge in [-0.2, -0.15) is 13.2 Å². The summed E-state index contributed by atoms with van der Waals surface area (Å²) in [5.74, 6) is 0.141. The van der Waals surface area contributed by atoms with Crippen LogP contribution >= 0.6 is 0 Å². The van der Waals surface area contributed by atoms with E-state index in [1.165, 1.54) is 11.1 Å². The van der Waals surface area contributed by atoms with Crippen molar-refractivity contribution in [3.8, 4) is 0 Å². The Labute approximate surface area is 132 Å². The molecule has 0 aromatic carbocycles. The van der Waals surface area contributed by atoms with Crippen LogP contribution in [0.1, 0.15) is 23.2 Å². The lowest BCUT2D eigenvalue weighted by Crippen LogP contribution is -2.50. The first-order chi connectivity index (χ1) is 11.0. The van der Waals surface area contributed by atoms with Crippen LogP contribution in [0.15, 0.2) is 18.3 Å². The standard InChI is InChI=1S/C15H18F3N3O2/c16-15(17,18)12-10-21(8-9-23-12)13-11(4-3-5-19-13)14(22)20-6-1-2-7-20/h3-5,12H,1-2,6-10H2. The largest absolute Gasteiger partial charge is 0.416 e. The van der Waals surface area contributed by atoms with E-state index >= 15 is 0 Å². The summed E-state index contributed by atoms with van der Waals surface area (Å²) in [5.41, 5.74) is 0.359. The number of carbonyl (C=O) groups excluding carboxylic acids is 1. The zero-order valence-electron chi connectivity index (χ0n) is 12.6. The highest BCUT2D eigenvalue weighted by Gasteiger charge is 2.44. The number of pyridine rings is 1. The number of rotatable bonds is 2. The molecule has 1 amide bonds. The Morgan fingerprint density at radius 3 is 2.70 bits per heavy atom. The summed E-state index contributed by atoms with van der Waals surface area (Å²) in [6.07, 6.45) is -2.88. The lowest BCUT2D eigenvalue weighted by atomic mass is 10.2. The van der Waals surface area contributed by atoms with E-state index in [2.05, 4.69) is 4.98 Å². The van der Waals surface area contributed by atoms with Crippen molar-refractivity contribution in [2.75, 3.05) is 37.7 Å². The first kappa shape index (κ1) is 16.0. The Morgan fingerprint density at radius 1 is 1.26 bits per heavy atom. The Bertz CT molecular complexity index is 573. The summed E-state index contributed by atoms with van der Waals surface area (Å²) in [5, 5.41) is 0. The van der Waals surface area contributed by atoms with Crippen LogP contribution in [0.2, 0.25) is 0 Å². The second-order valence-electron chi connectivity index (χ2n) is 5.72. The average molecular weight is 329 g/mol. The highest BCUT2D eigenvalue weighted by Crippen LogP contribution is 2.29. The third-order valence-corrected chi connectivity index (χ3v) is 4.14. The summed E-state index contributed by atoms with van der Waals surface area (Å²) < 4.78 is 43.5. The van der Waals surface area contributed by atoms with Gasteiger partial charge in [0.2, 0.25) is 0 Å². The maximum absolute atomic E-state index is 12.9. The van der Waals surface area contributed by atoms with Crippen molar-refractivity contribution in [1.29, 1.82) is 0 Å². The molecule has 126 valence electrons. The third-order valence-electron chi connectivity index (χ3n) is 4.14. The number of carbonyl (C=O) groups is 1. The predicted octanol–water partition coefficient (Wildman–Crippen LogP) is 2.09. The molecule has 0 N–H and O–H groups in total. The average Bonchev–Trinajstić information content (AvgIpc) is 3.08. The molecule has 0 saturated carbocycles. The normalized spacial score (nSPS) is 22.5. The van der Waals surface area contributed by atoms with Crippen LogP contribution in [0.5, 0.6) is 0 Å². The van der Waals surface area contributed by atoms with Crippen molar-refractivity contribution in [1.82, 2.24) is 9.88 Å². The molecule has 23 heavy (non-hydrogen) atoms. The number of anilines is 1. The molecule has 0 bridgehead atoms. The Hall–Kier alpha value is -1.83. The van der Waals surface area contributed by atoms with Crippen LogP contribution in [0.4, 0.5) is 19.0 Å². The van der Waals surface area contributed by atoms with Crippen molar-refractivity contribution in [2.24, 2.45) is 0 Å². The van der Waals surface area contributed by atoms with Crippen molar-refractivity contribution < 1.29 is 22.7 Å². The lowest BCUT2D eigenvalue weighted by molar-refractivity contribution is -0.221. The summed E-state index contributed by atoms with van der Waals surface area (Å²) >= 11 is 0. The molecule has 2 saturated heterocycles. The summed E-state index contributed by atoms with van der Waals surface area (Å²) in [4.78, 5) is 20.0. The number of hydrogen-bond donors (Lipinski definition) is 0. The van der Waals surface area contributed by atoms with Crippen LogP contribution in [-0.4, -0.2) is 60.9 Å². The van der Waals surface area contributed by atoms with Gasteiger partial charge in [0.15, 0.2) is 6.10 Å². The number of nitrogens with zero attached hydrogens (tertiary/aromatic N) is 3. The van der Waals surface area contributed by atoms with Gasteiger partial charge in [0.1, 0.15) is 5.82 Å². The first-order valence-electron chi connectivity index (χ1n) is 7.64. The lowest BCUT2D eigenvalue weighted by Gasteiger charge is -2.35. The zero-order valence-corrected chi connectivity index (χ0v) is 12.6. The van der Waals surface area contributed by atoms with E-state index in [0.717, 1.165) is 12.8 Å². The van der Waals surface area contributed by atoms with E-state index in [1.54, 1.807) is 17.0 Å². The van der Waals surface area contributed by atoms with E-state index in [4.69, 9.17) is 4.74 Å². The van der Waals surface area contributed by atoms with E-state index in [0.29, 0.717) is 24.5 Å². The predicted molar refractivity (Wildman–Crippen MR) is 77.4 cm³/mol. The van der Waals surface area contributed by atoms with Crippen LogP contribution in [-0.2, 0) is 4.74 Å². The van der Waals surface area contributed by atoms with E-state index < -0.39 is 12.3 Å². The minimum Gasteiger partial charge on any atom is -0.365 e. The molecule has 5 nitrogen and oxygen atoms in total. The van der Waals surface area contributed by atoms with Crippen LogP contribution in [0.3, 0.4) is 0 Å². The van der Waals surface area contributed by atoms with Gasteiger partial charge in [0.05, 0.1) is 18.7 Å². The number of halogens is 3. The van der Waals surface area contributed by atoms with E-state index in [9.17, 15) is 18.0 Å². The molecule has 1 aromatic heterocycles. The van der Waals surface area contributed by atoms with Gasteiger partial charge in [-0.25, -0.2) is 4.98 Å². The second kappa shape index (κ2) is 6.35. The van der Waals surface area contributed by atoms with Crippen molar-refractivity contribution in [3.05, 3.63) is 23.9 Å². The van der Waals surface area contributed by atoms with Gasteiger partial charge >= 0.3 is 6.18 Å². The highest BCUT2D eigenvalue weighted by atomic mass is 19.4. The molecular weight excluding hydrogens is 311 g/mol. The number of hydrogen-bond acceptors (Lipinski definition) is 4. The maximum Gasteiger partial charge on any atom is 0.416 e. The molecule has 2 aliphatic rings. The number of likely N-dealkylation sites (tertiary alicyclic amines) is 1. The SMILES string of the molecule is O=C(c1cccnc1N1CCOC(C(F)(F)F)C1)N1CCCC1. The highest BCUT2D eigenvalue weighted by molar-refractivity contribution is 5.99. The summed E-state index contributed by atoms with van der Waals surface area (Å²) in [6.45, 7) is 1.26. The smallest absolute Gasteiger partial charge is 0.365 e. The van der Waals surface area contributed by atoms with Crippen molar-refractivity contribution in [3.63, 3.8) is 0 Å². The van der Waals surface area contributed by atoms with E-state index in [-0.39, 0.29) is 25.6 Å². The van der Waals surface area contributed by atoms with Gasteiger partial charge < -0.3 is 14.5 Å². The monoisotopic (exact) mass is 329 g/mol. The van der Waals surface area contributed by atoms with E-state index in [1.807, 2.05) is 0 Å². The Balaban J connectivity index is 1.83. The minimum atomic E-state index is -4.42. The summed E-state index contributed by atoms with van der Waals surface area (Å²) in [6, 6.07) is 3.26. The fourth-order valence-corrected chi connectivity index (χ4v) is 2.95. The van der Waals surface area contributed by atoms with Crippen LogP contribution in [0, 0.1) is 0 Å². The maximum atomic E-state index is 12.9. The summed E-state index contributed by atoms with van der Waals surface area (Å²) in [7, 11) is 0. The molecule has 0 spiro atoms. The van der Waals surface area contributed by atoms with Gasteiger partial charge in [-0.05, 0) is 25.0 Å². The molecule has 8 heteroatoms. The van der Waals surface area contributed by atoms with Gasteiger partial charge in [-0.15, -0.1) is 0 Å². The molecule has 1 aromatic rings. The Kier molecular flexibility index (Phi) is 4.43.